The van der Waals surface area contributed by atoms with Crippen LogP contribution in [0, 0.1) is 69.2 Å². The normalized spacial score (nSPS) is 8.49. The van der Waals surface area contributed by atoms with Crippen LogP contribution in [0.5, 0.6) is 0 Å². The zero-order valence-corrected chi connectivity index (χ0v) is 54.9. The Morgan fingerprint density at radius 1 is 0.493 bits per heavy atom. The summed E-state index contributed by atoms with van der Waals surface area (Å²) in [6, 6.07) is 25.4. The molecule has 5 nitrogen and oxygen atoms in total. The quantitative estimate of drug-likeness (QED) is 0.123. The second kappa shape index (κ2) is 62.5. The van der Waals surface area contributed by atoms with Gasteiger partial charge in [-0.25, -0.2) is 0 Å². The van der Waals surface area contributed by atoms with Gasteiger partial charge in [0, 0.05) is 71.8 Å². The number of aryl methyl sites for hydroxylation is 9. The molecule has 4 aromatic rings. The Labute approximate surface area is 489 Å². The molecule has 7 heteroatoms. The molecular weight excluding hydrogens is 1030 g/mol. The largest absolute Gasteiger partial charge is 0.542 e. The number of hydrogen-bond donors (Lipinski definition) is 0. The van der Waals surface area contributed by atoms with Crippen molar-refractivity contribution in [2.75, 3.05) is 0 Å². The Morgan fingerprint density at radius 3 is 0.986 bits per heavy atom. The van der Waals surface area contributed by atoms with Gasteiger partial charge in [0.15, 0.2) is 11.6 Å². The summed E-state index contributed by atoms with van der Waals surface area (Å²) in [5.41, 5.74) is 16.0. The Kier molecular flexibility index (Phi) is 76.7. The first-order chi connectivity index (χ1) is 32.6. The molecule has 0 atom stereocenters. The molecule has 0 fully saturated rings. The Balaban J connectivity index is -0.0000000909. The summed E-state index contributed by atoms with van der Waals surface area (Å²) in [6.07, 6.45) is 16.0. The van der Waals surface area contributed by atoms with Crippen LogP contribution in [0.15, 0.2) is 90.5 Å². The van der Waals surface area contributed by atoms with Crippen molar-refractivity contribution in [1.29, 1.82) is 0 Å². The molecule has 2 radical (unpaired) electrons. The van der Waals surface area contributed by atoms with Gasteiger partial charge >= 0.3 is 0 Å². The van der Waals surface area contributed by atoms with Gasteiger partial charge in [-0.05, 0) is 135 Å². The van der Waals surface area contributed by atoms with Gasteiger partial charge in [-0.15, -0.1) is 5.56 Å². The number of rotatable bonds is 9. The molecule has 0 aromatic heterocycles. The van der Waals surface area contributed by atoms with Crippen LogP contribution < -0.4 is 0 Å². The van der Waals surface area contributed by atoms with E-state index in [-0.39, 0.29) is 77.0 Å². The van der Waals surface area contributed by atoms with Crippen LogP contribution in [-0.2, 0) is 95.8 Å². The summed E-state index contributed by atoms with van der Waals surface area (Å²) < 4.78 is 0. The van der Waals surface area contributed by atoms with Gasteiger partial charge in [-0.3, -0.25) is 28.2 Å². The van der Waals surface area contributed by atoms with Crippen molar-refractivity contribution in [2.45, 2.75) is 185 Å². The fourth-order valence-electron chi connectivity index (χ4n) is 5.32. The molecule has 0 N–H and O–H groups in total. The molecule has 0 heterocycles. The van der Waals surface area contributed by atoms with Crippen LogP contribution in [0.4, 0.5) is 0 Å². The van der Waals surface area contributed by atoms with Gasteiger partial charge in [0.05, 0.1) is 0 Å². The van der Waals surface area contributed by atoms with Gasteiger partial charge in [0.2, 0.25) is 0 Å². The smallest absolute Gasteiger partial charge is 0.152 e. The molecule has 0 amide bonds. The molecule has 4 aromatic carbocycles. The molecule has 0 aliphatic carbocycles. The van der Waals surface area contributed by atoms with E-state index in [0.717, 1.165) is 42.4 Å². The van der Waals surface area contributed by atoms with Crippen LogP contribution in [0.25, 0.3) is 18.2 Å². The Hall–Kier alpha value is -3.60. The molecule has 0 spiro atoms. The number of allylic oxidation sites excluding steroid dienone is 3. The first kappa shape index (κ1) is 87.1. The van der Waals surface area contributed by atoms with Crippen LogP contribution in [0.1, 0.15) is 190 Å². The summed E-state index contributed by atoms with van der Waals surface area (Å²) in [4.78, 5) is 49.0. The Bertz CT molecular complexity index is 1940. The SMILES string of the molecule is CC.CC.CC.CC.CC(=O)/C=C/c1ccc(C)cc1C.CC(=O)/C=C/c1ccc(C)cc1C.CCCCC(C)=O.CCc1ccc(C)cc1C.C[C-]=O.C[C-]=O.[CH2-]C([CH2-])=Cc1ccc(C)cc1C.[Y].[Y]. The third kappa shape index (κ3) is 58.9. The van der Waals surface area contributed by atoms with Crippen LogP contribution in [-0.4, -0.2) is 29.9 Å². The van der Waals surface area contributed by atoms with E-state index in [1.165, 1.54) is 82.1 Å². The first-order valence-corrected chi connectivity index (χ1v) is 24.7. The van der Waals surface area contributed by atoms with Gasteiger partial charge in [-0.2, -0.15) is 13.8 Å². The Morgan fingerprint density at radius 2 is 0.775 bits per heavy atom. The minimum atomic E-state index is 0. The van der Waals surface area contributed by atoms with Crippen molar-refractivity contribution < 1.29 is 89.4 Å². The van der Waals surface area contributed by atoms with E-state index >= 15 is 0 Å². The number of carbonyl (C=O) groups excluding carboxylic acids is 5. The van der Waals surface area contributed by atoms with Gasteiger partial charge in [0.1, 0.15) is 5.78 Å². The van der Waals surface area contributed by atoms with Crippen LogP contribution in [0.2, 0.25) is 0 Å². The molecule has 0 saturated carbocycles. The monoisotopic (exact) mass is 1120 g/mol. The van der Waals surface area contributed by atoms with Gasteiger partial charge in [0.25, 0.3) is 0 Å². The third-order valence-corrected chi connectivity index (χ3v) is 8.39. The first-order valence-electron chi connectivity index (χ1n) is 24.7. The molecule has 0 aliphatic heterocycles. The zero-order valence-electron chi connectivity index (χ0n) is 49.3. The molecular formula is C64H98O5Y2-4. The summed E-state index contributed by atoms with van der Waals surface area (Å²) >= 11 is 0. The van der Waals surface area contributed by atoms with Crippen LogP contribution in [0.3, 0.4) is 0 Å². The second-order valence-electron chi connectivity index (χ2n) is 14.8. The van der Waals surface area contributed by atoms with E-state index in [4.69, 9.17) is 9.59 Å². The predicted octanol–water partition coefficient (Wildman–Crippen LogP) is 18.1. The molecule has 0 aliphatic rings. The fraction of sp³-hybridized carbons (Fsp3) is 0.422. The minimum absolute atomic E-state index is 0. The van der Waals surface area contributed by atoms with E-state index in [1.807, 2.05) is 112 Å². The number of ketones is 3. The number of benzene rings is 4. The number of carbonyl (C=O) groups is 3. The third-order valence-electron chi connectivity index (χ3n) is 8.39. The molecule has 0 bridgehead atoms. The molecule has 71 heavy (non-hydrogen) atoms. The summed E-state index contributed by atoms with van der Waals surface area (Å²) in [5, 5.41) is 0. The fourth-order valence-corrected chi connectivity index (χ4v) is 5.32. The van der Waals surface area contributed by atoms with E-state index in [9.17, 15) is 14.4 Å². The maximum Gasteiger partial charge on any atom is 0.152 e. The molecule has 0 saturated heterocycles. The average Bonchev–Trinajstić information content (AvgIpc) is 3.30. The summed E-state index contributed by atoms with van der Waals surface area (Å²) in [7, 11) is 0. The topological polar surface area (TPSA) is 85.3 Å². The average molecular weight is 1130 g/mol. The van der Waals surface area contributed by atoms with Gasteiger partial charge < -0.3 is 33.8 Å². The van der Waals surface area contributed by atoms with E-state index < -0.39 is 0 Å². The van der Waals surface area contributed by atoms with E-state index in [0.29, 0.717) is 5.78 Å². The number of hydrogen-bond acceptors (Lipinski definition) is 5. The van der Waals surface area contributed by atoms with E-state index in [1.54, 1.807) is 32.9 Å². The second-order valence-corrected chi connectivity index (χ2v) is 14.8. The number of unbranched alkanes of at least 4 members (excludes halogenated alkanes) is 1. The summed E-state index contributed by atoms with van der Waals surface area (Å²) in [6.45, 7) is 51.9. The molecule has 4 rings (SSSR count). The van der Waals surface area contributed by atoms with Crippen molar-refractivity contribution in [3.05, 3.63) is 171 Å². The van der Waals surface area contributed by atoms with Crippen molar-refractivity contribution >= 4 is 48.2 Å². The minimum Gasteiger partial charge on any atom is -0.542 e. The van der Waals surface area contributed by atoms with Crippen molar-refractivity contribution in [3.8, 4) is 0 Å². The molecule has 0 unspecified atom stereocenters. The standard InChI is InChI=1S/2C12H14O.C12H14.C10H14.C6H12O.2C2H3O.4C2H6.2Y/c2*1-9-4-6-12(10(2)8-9)7-5-11(3)13;1-9(2)7-12-6-5-10(3)8-11(12)4;1-4-10-6-5-8(2)7-9(10)3;1-3-4-5-6(2)7;2*1-2-3;4*1-2;;/h2*4-8H,1-3H3;5-8H,1-2H2,3-4H3;5-7H,4H2,1-3H3;3-5H2,1-2H3;2*1H3;4*1-2H3;;/q;;-2;;;2*-1;;;;;;/b2*7-5+;;;;;;;;;;;. The molecule has 394 valence electrons. The maximum absolute atomic E-state index is 10.7. The summed E-state index contributed by atoms with van der Waals surface area (Å²) in [5.74, 6) is 0.474. The number of Topliss-reactive ketones (excluding diaryl/α,β-unsaturated/α-hetero) is 1. The maximum atomic E-state index is 10.7. The van der Waals surface area contributed by atoms with Crippen molar-refractivity contribution in [2.24, 2.45) is 0 Å². The van der Waals surface area contributed by atoms with Crippen LogP contribution >= 0.6 is 0 Å². The zero-order chi connectivity index (χ0) is 55.5. The van der Waals surface area contributed by atoms with Crippen molar-refractivity contribution in [1.82, 2.24) is 0 Å². The van der Waals surface area contributed by atoms with Crippen molar-refractivity contribution in [3.63, 3.8) is 0 Å². The van der Waals surface area contributed by atoms with E-state index in [2.05, 4.69) is 118 Å². The predicted molar refractivity (Wildman–Crippen MR) is 309 cm³/mol. The van der Waals surface area contributed by atoms with Gasteiger partial charge in [-0.1, -0.05) is 188 Å².